The molecule has 238 valence electrons. The van der Waals surface area contributed by atoms with Gasteiger partial charge >= 0.3 is 6.09 Å². The molecule has 0 aliphatic carbocycles. The molecule has 1 aromatic rings. The van der Waals surface area contributed by atoms with Gasteiger partial charge in [-0.3, -0.25) is 14.4 Å². The van der Waals surface area contributed by atoms with E-state index in [2.05, 4.69) is 21.3 Å². The lowest BCUT2D eigenvalue weighted by molar-refractivity contribution is -0.128. The zero-order chi connectivity index (χ0) is 31.1. The van der Waals surface area contributed by atoms with Gasteiger partial charge in [-0.1, -0.05) is 30.3 Å². The Kier molecular flexibility index (Phi) is 19.6. The van der Waals surface area contributed by atoms with Crippen molar-refractivity contribution >= 4 is 23.8 Å². The number of hydrogen-bond acceptors (Lipinski definition) is 9. The van der Waals surface area contributed by atoms with Gasteiger partial charge in [0.1, 0.15) is 5.60 Å². The van der Waals surface area contributed by atoms with E-state index in [9.17, 15) is 19.2 Å². The Bertz CT molecular complexity index is 910. The Morgan fingerprint density at radius 2 is 1.21 bits per heavy atom. The summed E-state index contributed by atoms with van der Waals surface area (Å²) < 4.78 is 26.6. The Hall–Kier alpha value is -3.26. The molecule has 0 spiro atoms. The van der Waals surface area contributed by atoms with Gasteiger partial charge in [0, 0.05) is 19.0 Å². The SMILES string of the molecule is CC(Cc1ccccc1)NC(=O)CNC(=O)CNC(=O)CCOCCOCCOCCOCCNC(=O)OC(C)(C)C. The normalized spacial score (nSPS) is 11.8. The van der Waals surface area contributed by atoms with Crippen LogP contribution in [0.2, 0.25) is 0 Å². The lowest BCUT2D eigenvalue weighted by Crippen LogP contribution is -2.44. The summed E-state index contributed by atoms with van der Waals surface area (Å²) in [5.41, 5.74) is 0.581. The highest BCUT2D eigenvalue weighted by atomic mass is 16.6. The molecular weight excluding hydrogens is 548 g/mol. The lowest BCUT2D eigenvalue weighted by atomic mass is 10.1. The highest BCUT2D eigenvalue weighted by Crippen LogP contribution is 2.06. The third-order valence-electron chi connectivity index (χ3n) is 5.19. The van der Waals surface area contributed by atoms with Crippen LogP contribution in [0.5, 0.6) is 0 Å². The average molecular weight is 597 g/mol. The zero-order valence-corrected chi connectivity index (χ0v) is 25.3. The van der Waals surface area contributed by atoms with Crippen LogP contribution in [0.15, 0.2) is 30.3 Å². The van der Waals surface area contributed by atoms with Crippen LogP contribution in [-0.2, 0) is 44.5 Å². The van der Waals surface area contributed by atoms with E-state index in [0.717, 1.165) is 5.56 Å². The van der Waals surface area contributed by atoms with Crippen LogP contribution in [0.25, 0.3) is 0 Å². The van der Waals surface area contributed by atoms with E-state index in [1.165, 1.54) is 0 Å². The average Bonchev–Trinajstić information content (AvgIpc) is 2.92. The molecule has 0 saturated heterocycles. The fourth-order valence-corrected chi connectivity index (χ4v) is 3.32. The minimum Gasteiger partial charge on any atom is -0.444 e. The smallest absolute Gasteiger partial charge is 0.407 e. The van der Waals surface area contributed by atoms with E-state index >= 15 is 0 Å². The van der Waals surface area contributed by atoms with Gasteiger partial charge in [0.25, 0.3) is 0 Å². The summed E-state index contributed by atoms with van der Waals surface area (Å²) in [6, 6.07) is 9.72. The standard InChI is InChI=1S/C29H48N4O9/c1-23(20-24-8-6-5-7-9-24)33-27(36)22-32-26(35)21-31-25(34)10-12-38-14-16-40-18-19-41-17-15-39-13-11-30-28(37)42-29(2,3)4/h5-9,23H,10-22H2,1-4H3,(H,30,37)(H,31,34)(H,32,35)(H,33,36). The highest BCUT2D eigenvalue weighted by molar-refractivity contribution is 5.88. The van der Waals surface area contributed by atoms with Gasteiger partial charge in [0.2, 0.25) is 17.7 Å². The van der Waals surface area contributed by atoms with Gasteiger partial charge in [0.15, 0.2) is 0 Å². The van der Waals surface area contributed by atoms with Crippen molar-refractivity contribution in [2.75, 3.05) is 72.5 Å². The quantitative estimate of drug-likeness (QED) is 0.143. The third kappa shape index (κ3) is 22.4. The van der Waals surface area contributed by atoms with E-state index in [1.807, 2.05) is 37.3 Å². The van der Waals surface area contributed by atoms with Crippen LogP contribution < -0.4 is 21.3 Å². The van der Waals surface area contributed by atoms with E-state index in [0.29, 0.717) is 59.2 Å². The number of amides is 4. The Balaban J connectivity index is 1.87. The van der Waals surface area contributed by atoms with Gasteiger partial charge in [-0.25, -0.2) is 4.79 Å². The van der Waals surface area contributed by atoms with Crippen LogP contribution in [0, 0.1) is 0 Å². The molecule has 42 heavy (non-hydrogen) atoms. The molecule has 4 amide bonds. The maximum absolute atomic E-state index is 12.0. The number of rotatable bonds is 22. The lowest BCUT2D eigenvalue weighted by Gasteiger charge is -2.19. The molecule has 1 atom stereocenters. The number of carbonyl (C=O) groups is 4. The summed E-state index contributed by atoms with van der Waals surface area (Å²) in [5.74, 6) is -1.08. The minimum absolute atomic E-state index is 0.0750. The second-order valence-corrected chi connectivity index (χ2v) is 10.3. The topological polar surface area (TPSA) is 163 Å². The van der Waals surface area contributed by atoms with Crippen LogP contribution in [0.4, 0.5) is 4.79 Å². The number of alkyl carbamates (subject to hydrolysis) is 1. The molecular formula is C29H48N4O9. The molecule has 0 aromatic heterocycles. The summed E-state index contributed by atoms with van der Waals surface area (Å²) in [5, 5.41) is 10.4. The highest BCUT2D eigenvalue weighted by Gasteiger charge is 2.15. The van der Waals surface area contributed by atoms with Crippen LogP contribution in [0.3, 0.4) is 0 Å². The summed E-state index contributed by atoms with van der Waals surface area (Å²) in [6.07, 6.45) is 0.312. The van der Waals surface area contributed by atoms with Crippen LogP contribution >= 0.6 is 0 Å². The van der Waals surface area contributed by atoms with Crippen molar-refractivity contribution in [3.8, 4) is 0 Å². The summed E-state index contributed by atoms with van der Waals surface area (Å²) in [7, 11) is 0. The number of carbonyl (C=O) groups excluding carboxylic acids is 4. The van der Waals surface area contributed by atoms with Crippen molar-refractivity contribution in [3.63, 3.8) is 0 Å². The summed E-state index contributed by atoms with van der Waals surface area (Å²) in [4.78, 5) is 47.3. The summed E-state index contributed by atoms with van der Waals surface area (Å²) in [6.45, 7) is 10.1. The van der Waals surface area contributed by atoms with E-state index in [4.69, 9.17) is 23.7 Å². The molecule has 0 heterocycles. The van der Waals surface area contributed by atoms with Crippen molar-refractivity contribution in [2.24, 2.45) is 0 Å². The van der Waals surface area contributed by atoms with Gasteiger partial charge in [-0.05, 0) is 39.7 Å². The number of ether oxygens (including phenoxy) is 5. The number of benzene rings is 1. The molecule has 1 unspecified atom stereocenters. The Morgan fingerprint density at radius 1 is 0.690 bits per heavy atom. The molecule has 0 aliphatic heterocycles. The molecule has 0 radical (unpaired) electrons. The first kappa shape index (κ1) is 36.8. The van der Waals surface area contributed by atoms with Crippen molar-refractivity contribution < 1.29 is 42.9 Å². The van der Waals surface area contributed by atoms with Crippen molar-refractivity contribution in [3.05, 3.63) is 35.9 Å². The molecule has 0 aliphatic rings. The van der Waals surface area contributed by atoms with E-state index < -0.39 is 17.6 Å². The fourth-order valence-electron chi connectivity index (χ4n) is 3.32. The second-order valence-electron chi connectivity index (χ2n) is 10.3. The first-order chi connectivity index (χ1) is 20.0. The zero-order valence-electron chi connectivity index (χ0n) is 25.3. The van der Waals surface area contributed by atoms with E-state index in [-0.39, 0.29) is 44.0 Å². The monoisotopic (exact) mass is 596 g/mol. The maximum atomic E-state index is 12.0. The number of hydrogen-bond donors (Lipinski definition) is 4. The first-order valence-electron chi connectivity index (χ1n) is 14.2. The largest absolute Gasteiger partial charge is 0.444 e. The molecule has 0 fully saturated rings. The van der Waals surface area contributed by atoms with Gasteiger partial charge < -0.3 is 45.0 Å². The van der Waals surface area contributed by atoms with Crippen molar-refractivity contribution in [2.45, 2.75) is 52.2 Å². The fraction of sp³-hybridized carbons (Fsp3) is 0.655. The Morgan fingerprint density at radius 3 is 1.81 bits per heavy atom. The summed E-state index contributed by atoms with van der Waals surface area (Å²) >= 11 is 0. The molecule has 1 rings (SSSR count). The van der Waals surface area contributed by atoms with Crippen molar-refractivity contribution in [1.82, 2.24) is 21.3 Å². The first-order valence-corrected chi connectivity index (χ1v) is 14.2. The molecule has 1 aromatic carbocycles. The van der Waals surface area contributed by atoms with Gasteiger partial charge in [-0.15, -0.1) is 0 Å². The predicted molar refractivity (Wildman–Crippen MR) is 156 cm³/mol. The van der Waals surface area contributed by atoms with Gasteiger partial charge in [-0.2, -0.15) is 0 Å². The third-order valence-corrected chi connectivity index (χ3v) is 5.19. The van der Waals surface area contributed by atoms with Crippen molar-refractivity contribution in [1.29, 1.82) is 0 Å². The molecule has 13 heteroatoms. The molecule has 0 saturated carbocycles. The number of nitrogens with one attached hydrogen (secondary N) is 4. The molecule has 13 nitrogen and oxygen atoms in total. The van der Waals surface area contributed by atoms with Crippen LogP contribution in [-0.4, -0.2) is 108 Å². The maximum Gasteiger partial charge on any atom is 0.407 e. The van der Waals surface area contributed by atoms with Crippen LogP contribution in [0.1, 0.15) is 39.7 Å². The predicted octanol–water partition coefficient (Wildman–Crippen LogP) is 0.947. The Labute approximate surface area is 248 Å². The van der Waals surface area contributed by atoms with E-state index in [1.54, 1.807) is 20.8 Å². The molecule has 4 N–H and O–H groups in total. The molecule has 0 bridgehead atoms. The minimum atomic E-state index is -0.532. The van der Waals surface area contributed by atoms with Gasteiger partial charge in [0.05, 0.1) is 65.9 Å². The second kappa shape index (κ2) is 22.4.